The van der Waals surface area contributed by atoms with Gasteiger partial charge in [-0.3, -0.25) is 0 Å². The molecule has 0 radical (unpaired) electrons. The summed E-state index contributed by atoms with van der Waals surface area (Å²) in [6.07, 6.45) is 0.882. The first kappa shape index (κ1) is 14.7. The summed E-state index contributed by atoms with van der Waals surface area (Å²) in [4.78, 5) is 1.30. The van der Waals surface area contributed by atoms with E-state index in [1.807, 2.05) is 13.0 Å². The van der Waals surface area contributed by atoms with Gasteiger partial charge < -0.3 is 5.32 Å². The van der Waals surface area contributed by atoms with E-state index < -0.39 is 0 Å². The van der Waals surface area contributed by atoms with Crippen molar-refractivity contribution in [1.82, 2.24) is 5.32 Å². The van der Waals surface area contributed by atoms with Crippen molar-refractivity contribution in [2.24, 2.45) is 0 Å². The van der Waals surface area contributed by atoms with E-state index in [1.165, 1.54) is 16.5 Å². The summed E-state index contributed by atoms with van der Waals surface area (Å²) in [5.41, 5.74) is 2.20. The maximum Gasteiger partial charge on any atom is 0.123 e. The molecular weight excluding hydrogens is 325 g/mol. The molecule has 1 N–H and O–H groups in total. The summed E-state index contributed by atoms with van der Waals surface area (Å²) in [6.45, 7) is 4.99. The van der Waals surface area contributed by atoms with Gasteiger partial charge in [0.2, 0.25) is 0 Å². The molecule has 0 aliphatic rings. The largest absolute Gasteiger partial charge is 0.309 e. The van der Waals surface area contributed by atoms with Crippen LogP contribution in [0.3, 0.4) is 0 Å². The molecule has 0 bridgehead atoms. The fourth-order valence-corrected chi connectivity index (χ4v) is 3.66. The van der Waals surface area contributed by atoms with Crippen LogP contribution >= 0.6 is 27.3 Å². The van der Waals surface area contributed by atoms with Crippen molar-refractivity contribution in [2.45, 2.75) is 26.3 Å². The van der Waals surface area contributed by atoms with E-state index in [0.29, 0.717) is 0 Å². The van der Waals surface area contributed by atoms with Gasteiger partial charge in [0.15, 0.2) is 0 Å². The summed E-state index contributed by atoms with van der Waals surface area (Å²) in [5.74, 6) is -0.167. The zero-order chi connectivity index (χ0) is 13.8. The van der Waals surface area contributed by atoms with Gasteiger partial charge in [-0.2, -0.15) is 0 Å². The molecule has 0 saturated heterocycles. The number of hydrogen-bond donors (Lipinski definition) is 1. The van der Waals surface area contributed by atoms with Gasteiger partial charge in [-0.25, -0.2) is 4.39 Å². The summed E-state index contributed by atoms with van der Waals surface area (Å²) in [5, 5.41) is 5.59. The lowest BCUT2D eigenvalue weighted by Crippen LogP contribution is -2.22. The van der Waals surface area contributed by atoms with Gasteiger partial charge in [-0.1, -0.05) is 13.0 Å². The predicted octanol–water partition coefficient (Wildman–Crippen LogP) is 4.85. The third kappa shape index (κ3) is 3.88. The third-order valence-corrected chi connectivity index (χ3v) is 4.92. The fourth-order valence-electron chi connectivity index (χ4n) is 2.14. The highest BCUT2D eigenvalue weighted by Crippen LogP contribution is 2.28. The number of benzene rings is 1. The Hall–Kier alpha value is -0.710. The Balaban J connectivity index is 2.21. The number of aryl methyl sites for hydroxylation is 1. The Morgan fingerprint density at radius 2 is 2.16 bits per heavy atom. The lowest BCUT2D eigenvalue weighted by molar-refractivity contribution is 0.555. The van der Waals surface area contributed by atoms with E-state index in [4.69, 9.17) is 0 Å². The Bertz CT molecular complexity index is 553. The monoisotopic (exact) mass is 341 g/mol. The average molecular weight is 342 g/mol. The molecule has 0 saturated carbocycles. The second-order valence-electron chi connectivity index (χ2n) is 4.55. The van der Waals surface area contributed by atoms with Crippen molar-refractivity contribution < 1.29 is 4.39 Å². The van der Waals surface area contributed by atoms with Crippen LogP contribution in [-0.2, 0) is 6.42 Å². The zero-order valence-electron chi connectivity index (χ0n) is 11.0. The number of rotatable bonds is 5. The second-order valence-corrected chi connectivity index (χ2v) is 6.41. The molecule has 1 atom stereocenters. The van der Waals surface area contributed by atoms with Crippen molar-refractivity contribution in [3.63, 3.8) is 0 Å². The first-order valence-electron chi connectivity index (χ1n) is 6.32. The molecular formula is C15H17BrFNS. The molecule has 1 aromatic carbocycles. The first-order chi connectivity index (χ1) is 9.10. The van der Waals surface area contributed by atoms with Crippen LogP contribution in [0, 0.1) is 12.7 Å². The summed E-state index contributed by atoms with van der Waals surface area (Å²) in [7, 11) is 0. The molecule has 4 heteroatoms. The molecule has 0 fully saturated rings. The fraction of sp³-hybridized carbons (Fsp3) is 0.333. The number of halogens is 2. The van der Waals surface area contributed by atoms with Gasteiger partial charge in [0.05, 0.1) is 0 Å². The van der Waals surface area contributed by atoms with Gasteiger partial charge in [0.1, 0.15) is 5.82 Å². The summed E-state index contributed by atoms with van der Waals surface area (Å²) in [6, 6.07) is 7.46. The van der Waals surface area contributed by atoms with E-state index >= 15 is 0 Å². The molecule has 2 rings (SSSR count). The highest BCUT2D eigenvalue weighted by Gasteiger charge is 2.14. The number of thiophene rings is 1. The van der Waals surface area contributed by atoms with E-state index in [2.05, 4.69) is 39.6 Å². The minimum atomic E-state index is -0.167. The Morgan fingerprint density at radius 1 is 1.37 bits per heavy atom. The van der Waals surface area contributed by atoms with Gasteiger partial charge >= 0.3 is 0 Å². The molecule has 0 spiro atoms. The minimum Gasteiger partial charge on any atom is -0.309 e. The Morgan fingerprint density at radius 3 is 2.74 bits per heavy atom. The van der Waals surface area contributed by atoms with Crippen LogP contribution in [0.2, 0.25) is 0 Å². The van der Waals surface area contributed by atoms with E-state index in [0.717, 1.165) is 23.0 Å². The van der Waals surface area contributed by atoms with Crippen LogP contribution in [0.15, 0.2) is 34.1 Å². The smallest absolute Gasteiger partial charge is 0.123 e. The third-order valence-electron chi connectivity index (χ3n) is 3.11. The predicted molar refractivity (Wildman–Crippen MR) is 83.3 cm³/mol. The van der Waals surface area contributed by atoms with E-state index in [-0.39, 0.29) is 11.9 Å². The number of likely N-dealkylation sites (N-methyl/N-ethyl adjacent to an activating group) is 1. The summed E-state index contributed by atoms with van der Waals surface area (Å²) < 4.78 is 14.3. The van der Waals surface area contributed by atoms with Gasteiger partial charge in [-0.05, 0) is 65.1 Å². The van der Waals surface area contributed by atoms with Gasteiger partial charge in [0, 0.05) is 20.8 Å². The van der Waals surface area contributed by atoms with Crippen LogP contribution in [-0.4, -0.2) is 6.54 Å². The van der Waals surface area contributed by atoms with Gasteiger partial charge in [0.25, 0.3) is 0 Å². The maximum absolute atomic E-state index is 13.1. The SMILES string of the molecule is CCNC(Cc1ccc(F)cc1C)c1cc(Br)cs1. The molecule has 1 aromatic heterocycles. The minimum absolute atomic E-state index is 0.167. The van der Waals surface area contributed by atoms with Gasteiger partial charge in [-0.15, -0.1) is 11.3 Å². The molecule has 19 heavy (non-hydrogen) atoms. The van der Waals surface area contributed by atoms with Crippen LogP contribution in [0.5, 0.6) is 0 Å². The highest BCUT2D eigenvalue weighted by molar-refractivity contribution is 9.10. The number of nitrogens with one attached hydrogen (secondary N) is 1. The van der Waals surface area contributed by atoms with Crippen molar-refractivity contribution >= 4 is 27.3 Å². The van der Waals surface area contributed by atoms with Crippen LogP contribution < -0.4 is 5.32 Å². The topological polar surface area (TPSA) is 12.0 Å². The lowest BCUT2D eigenvalue weighted by Gasteiger charge is -2.17. The summed E-state index contributed by atoms with van der Waals surface area (Å²) >= 11 is 5.24. The quantitative estimate of drug-likeness (QED) is 0.819. The molecule has 1 nitrogen and oxygen atoms in total. The molecule has 1 heterocycles. The second kappa shape index (κ2) is 6.64. The average Bonchev–Trinajstić information content (AvgIpc) is 2.78. The number of hydrogen-bond acceptors (Lipinski definition) is 2. The zero-order valence-corrected chi connectivity index (χ0v) is 13.4. The molecule has 0 aliphatic heterocycles. The van der Waals surface area contributed by atoms with Crippen LogP contribution in [0.25, 0.3) is 0 Å². The standard InChI is InChI=1S/C15H17BrFNS/c1-3-18-14(15-8-12(16)9-19-15)7-11-4-5-13(17)6-10(11)2/h4-6,8-9,14,18H,3,7H2,1-2H3. The van der Waals surface area contributed by atoms with E-state index in [1.54, 1.807) is 17.4 Å². The Labute approximate surface area is 126 Å². The van der Waals surface area contributed by atoms with Crippen molar-refractivity contribution in [2.75, 3.05) is 6.54 Å². The van der Waals surface area contributed by atoms with E-state index in [9.17, 15) is 4.39 Å². The normalized spacial score (nSPS) is 12.6. The molecule has 102 valence electrons. The van der Waals surface area contributed by atoms with Crippen molar-refractivity contribution in [1.29, 1.82) is 0 Å². The van der Waals surface area contributed by atoms with Crippen molar-refractivity contribution in [3.8, 4) is 0 Å². The molecule has 0 amide bonds. The molecule has 2 aromatic rings. The van der Waals surface area contributed by atoms with Crippen LogP contribution in [0.4, 0.5) is 4.39 Å². The van der Waals surface area contributed by atoms with Crippen molar-refractivity contribution in [3.05, 3.63) is 55.9 Å². The Kier molecular flexibility index (Phi) is 5.13. The molecule has 0 aliphatic carbocycles. The lowest BCUT2D eigenvalue weighted by atomic mass is 10.00. The first-order valence-corrected chi connectivity index (χ1v) is 7.99. The maximum atomic E-state index is 13.1. The molecule has 1 unspecified atom stereocenters. The van der Waals surface area contributed by atoms with Crippen LogP contribution in [0.1, 0.15) is 29.0 Å². The highest BCUT2D eigenvalue weighted by atomic mass is 79.9.